The van der Waals surface area contributed by atoms with E-state index in [1.165, 1.54) is 15.9 Å². The van der Waals surface area contributed by atoms with Crippen molar-refractivity contribution < 1.29 is 9.53 Å². The van der Waals surface area contributed by atoms with Gasteiger partial charge in [0.25, 0.3) is 5.56 Å². The zero-order chi connectivity index (χ0) is 23.5. The summed E-state index contributed by atoms with van der Waals surface area (Å²) in [6.07, 6.45) is 5.46. The van der Waals surface area contributed by atoms with Crippen LogP contribution in [0.3, 0.4) is 0 Å². The Morgan fingerprint density at radius 2 is 1.91 bits per heavy atom. The molecule has 1 aliphatic heterocycles. The minimum Gasteiger partial charge on any atom is -0.463 e. The van der Waals surface area contributed by atoms with Gasteiger partial charge in [0.15, 0.2) is 4.80 Å². The molecule has 0 saturated carbocycles. The molecule has 0 N–H and O–H groups in total. The first kappa shape index (κ1) is 23.2. The molecule has 0 bridgehead atoms. The Morgan fingerprint density at radius 1 is 1.15 bits per heavy atom. The van der Waals surface area contributed by atoms with Crippen molar-refractivity contribution in [2.75, 3.05) is 6.61 Å². The number of hydrogen-bond acceptors (Lipinski definition) is 5. The fourth-order valence-electron chi connectivity index (χ4n) is 3.54. The molecule has 0 radical (unpaired) electrons. The Labute approximate surface area is 204 Å². The summed E-state index contributed by atoms with van der Waals surface area (Å²) in [6, 6.07) is 14.2. The van der Waals surface area contributed by atoms with Gasteiger partial charge in [0.2, 0.25) is 0 Å². The van der Waals surface area contributed by atoms with Crippen LogP contribution in [0.1, 0.15) is 31.0 Å². The number of nitrogens with zero attached hydrogens (tertiary/aromatic N) is 2. The second-order valence-corrected chi connectivity index (χ2v) is 9.11. The summed E-state index contributed by atoms with van der Waals surface area (Å²) in [4.78, 5) is 31.3. The van der Waals surface area contributed by atoms with Crippen molar-refractivity contribution in [2.24, 2.45) is 4.99 Å². The van der Waals surface area contributed by atoms with E-state index in [-0.39, 0.29) is 12.2 Å². The van der Waals surface area contributed by atoms with Gasteiger partial charge < -0.3 is 4.74 Å². The summed E-state index contributed by atoms with van der Waals surface area (Å²) in [7, 11) is 0. The number of thiazole rings is 1. The third-order valence-corrected chi connectivity index (χ3v) is 6.79. The molecule has 3 aromatic rings. The first-order chi connectivity index (χ1) is 15.9. The molecule has 168 valence electrons. The summed E-state index contributed by atoms with van der Waals surface area (Å²) >= 11 is 13.4. The summed E-state index contributed by atoms with van der Waals surface area (Å²) in [6.45, 7) is 3.73. The predicted molar refractivity (Wildman–Crippen MR) is 133 cm³/mol. The zero-order valence-electron chi connectivity index (χ0n) is 17.9. The van der Waals surface area contributed by atoms with Crippen LogP contribution >= 0.6 is 34.5 Å². The molecular formula is C25H20Cl2N2O3S. The number of carbonyl (C=O) groups is 1. The number of allylic oxidation sites excluding steroid dienone is 2. The minimum atomic E-state index is -0.642. The lowest BCUT2D eigenvalue weighted by molar-refractivity contribution is -0.139. The number of rotatable bonds is 5. The van der Waals surface area contributed by atoms with E-state index in [0.29, 0.717) is 30.6 Å². The number of hydrogen-bond donors (Lipinski definition) is 0. The highest BCUT2D eigenvalue weighted by Gasteiger charge is 2.30. The average Bonchev–Trinajstić information content (AvgIpc) is 3.09. The highest BCUT2D eigenvalue weighted by molar-refractivity contribution is 7.07. The minimum absolute atomic E-state index is 0.229. The number of halogens is 2. The lowest BCUT2D eigenvalue weighted by atomic mass is 10.0. The van der Waals surface area contributed by atoms with Crippen LogP contribution in [-0.2, 0) is 9.53 Å². The van der Waals surface area contributed by atoms with E-state index in [4.69, 9.17) is 27.9 Å². The first-order valence-corrected chi connectivity index (χ1v) is 11.8. The van der Waals surface area contributed by atoms with Gasteiger partial charge in [0.1, 0.15) is 0 Å². The van der Waals surface area contributed by atoms with Gasteiger partial charge in [-0.15, -0.1) is 0 Å². The summed E-state index contributed by atoms with van der Waals surface area (Å²) in [5.74, 6) is -0.486. The maximum Gasteiger partial charge on any atom is 0.338 e. The number of benzene rings is 2. The second kappa shape index (κ2) is 9.91. The molecule has 33 heavy (non-hydrogen) atoms. The van der Waals surface area contributed by atoms with E-state index in [1.807, 2.05) is 42.5 Å². The molecule has 2 heterocycles. The standard InChI is InChI=1S/C25H20Cl2N2O3S/c1-3-32-24(31)22-15(2)28-25-29(20(22)12-10-16-7-5-4-6-8-16)23(30)21(33-25)14-17-9-11-18(26)19(27)13-17/h4-14,20H,3H2,1-2H3/b12-10+,21-14?/t20-/m1/s1. The average molecular weight is 499 g/mol. The molecule has 0 spiro atoms. The summed E-state index contributed by atoms with van der Waals surface area (Å²) in [5, 5.41) is 0.846. The van der Waals surface area contributed by atoms with E-state index >= 15 is 0 Å². The van der Waals surface area contributed by atoms with Gasteiger partial charge in [-0.1, -0.05) is 83.1 Å². The second-order valence-electron chi connectivity index (χ2n) is 7.29. The molecule has 0 fully saturated rings. The Bertz CT molecular complexity index is 1450. The lowest BCUT2D eigenvalue weighted by Gasteiger charge is -2.21. The molecule has 5 nitrogen and oxygen atoms in total. The molecular weight excluding hydrogens is 479 g/mol. The molecule has 1 atom stereocenters. The molecule has 1 aliphatic rings. The van der Waals surface area contributed by atoms with E-state index in [0.717, 1.165) is 11.1 Å². The molecule has 0 unspecified atom stereocenters. The molecule has 4 rings (SSSR count). The van der Waals surface area contributed by atoms with Crippen molar-refractivity contribution in [1.82, 2.24) is 4.57 Å². The number of fused-ring (bicyclic) bond motifs is 1. The van der Waals surface area contributed by atoms with Gasteiger partial charge in [-0.05, 0) is 43.2 Å². The van der Waals surface area contributed by atoms with Gasteiger partial charge in [0.05, 0.1) is 38.5 Å². The van der Waals surface area contributed by atoms with Crippen molar-refractivity contribution in [3.63, 3.8) is 0 Å². The first-order valence-electron chi connectivity index (χ1n) is 10.3. The van der Waals surface area contributed by atoms with Crippen LogP contribution < -0.4 is 14.9 Å². The van der Waals surface area contributed by atoms with Gasteiger partial charge >= 0.3 is 5.97 Å². The molecule has 1 aromatic heterocycles. The van der Waals surface area contributed by atoms with E-state index < -0.39 is 12.0 Å². The Balaban J connectivity index is 1.87. The number of ether oxygens (including phenoxy) is 1. The lowest BCUT2D eigenvalue weighted by Crippen LogP contribution is -2.38. The number of aromatic nitrogens is 1. The highest BCUT2D eigenvalue weighted by atomic mass is 35.5. The maximum atomic E-state index is 13.4. The monoisotopic (exact) mass is 498 g/mol. The van der Waals surface area contributed by atoms with Gasteiger partial charge in [-0.3, -0.25) is 9.36 Å². The summed E-state index contributed by atoms with van der Waals surface area (Å²) < 4.78 is 7.29. The van der Waals surface area contributed by atoms with Crippen molar-refractivity contribution in [3.8, 4) is 0 Å². The van der Waals surface area contributed by atoms with Crippen LogP contribution in [0, 0.1) is 0 Å². The fourth-order valence-corrected chi connectivity index (χ4v) is 4.90. The van der Waals surface area contributed by atoms with Crippen LogP contribution in [0.15, 0.2) is 75.7 Å². The molecule has 8 heteroatoms. The highest BCUT2D eigenvalue weighted by Crippen LogP contribution is 2.27. The third kappa shape index (κ3) is 4.88. The molecule has 0 aliphatic carbocycles. The topological polar surface area (TPSA) is 60.7 Å². The van der Waals surface area contributed by atoms with Crippen molar-refractivity contribution in [3.05, 3.63) is 107 Å². The molecule has 0 saturated heterocycles. The number of esters is 1. The van der Waals surface area contributed by atoms with Crippen molar-refractivity contribution in [1.29, 1.82) is 0 Å². The summed E-state index contributed by atoms with van der Waals surface area (Å²) in [5.41, 5.74) is 2.32. The van der Waals surface area contributed by atoms with Gasteiger partial charge in [0, 0.05) is 0 Å². The Hall–Kier alpha value is -2.93. The molecule has 0 amide bonds. The normalized spacial score (nSPS) is 16.1. The number of carbonyl (C=O) groups excluding carboxylic acids is 1. The maximum absolute atomic E-state index is 13.4. The zero-order valence-corrected chi connectivity index (χ0v) is 20.2. The van der Waals surface area contributed by atoms with E-state index in [2.05, 4.69) is 4.99 Å². The fraction of sp³-hybridized carbons (Fsp3) is 0.160. The van der Waals surface area contributed by atoms with Crippen LogP contribution in [0.5, 0.6) is 0 Å². The quantitative estimate of drug-likeness (QED) is 0.476. The molecule has 2 aromatic carbocycles. The van der Waals surface area contributed by atoms with Crippen LogP contribution in [0.2, 0.25) is 10.0 Å². The largest absolute Gasteiger partial charge is 0.463 e. The predicted octanol–water partition coefficient (Wildman–Crippen LogP) is 4.77. The smallest absolute Gasteiger partial charge is 0.338 e. The van der Waals surface area contributed by atoms with Gasteiger partial charge in [-0.25, -0.2) is 9.79 Å². The van der Waals surface area contributed by atoms with Crippen LogP contribution in [0.4, 0.5) is 0 Å². The van der Waals surface area contributed by atoms with E-state index in [1.54, 1.807) is 38.1 Å². The van der Waals surface area contributed by atoms with Crippen molar-refractivity contribution >= 4 is 52.7 Å². The Kier molecular flexibility index (Phi) is 6.98. The van der Waals surface area contributed by atoms with Gasteiger partial charge in [-0.2, -0.15) is 0 Å². The SMILES string of the molecule is CCOC(=O)C1=C(C)N=c2sc(=Cc3ccc(Cl)c(Cl)c3)c(=O)n2[C@@H]1/C=C/c1ccccc1. The Morgan fingerprint density at radius 3 is 2.61 bits per heavy atom. The van der Waals surface area contributed by atoms with E-state index in [9.17, 15) is 9.59 Å². The third-order valence-electron chi connectivity index (χ3n) is 5.07. The van der Waals surface area contributed by atoms with Crippen LogP contribution in [0.25, 0.3) is 12.2 Å². The van der Waals surface area contributed by atoms with Crippen molar-refractivity contribution in [2.45, 2.75) is 19.9 Å². The van der Waals surface area contributed by atoms with Crippen LogP contribution in [-0.4, -0.2) is 17.1 Å².